The van der Waals surface area contributed by atoms with Gasteiger partial charge in [-0.3, -0.25) is 4.98 Å². The molecule has 0 N–H and O–H groups in total. The predicted molar refractivity (Wildman–Crippen MR) is 202 cm³/mol. The standard InChI is InChI=1S/C47H28N2O/c1-48-34-23-18-31(19-24-34)44-27-22-33(29-49-44)32-20-25-39-37-13-5-4-12-36(37)38-14-6-7-15-40(38)47(43(39)28-32)41-16-8-9-17-45(41)50-46-35-11-3-2-10-30(35)21-26-42(46)47/h2-29H. The minimum atomic E-state index is -0.687. The van der Waals surface area contributed by atoms with Crippen LogP contribution in [0.3, 0.4) is 0 Å². The van der Waals surface area contributed by atoms with Crippen molar-refractivity contribution in [1.82, 2.24) is 4.98 Å². The normalized spacial score (nSPS) is 15.0. The number of hydrogen-bond acceptors (Lipinski definition) is 2. The molecule has 0 saturated heterocycles. The van der Waals surface area contributed by atoms with Crippen molar-refractivity contribution in [2.45, 2.75) is 5.41 Å². The van der Waals surface area contributed by atoms with Crippen LogP contribution in [0.2, 0.25) is 0 Å². The summed E-state index contributed by atoms with van der Waals surface area (Å²) in [6, 6.07) is 58.0. The molecule has 232 valence electrons. The molecule has 1 unspecified atom stereocenters. The highest BCUT2D eigenvalue weighted by Gasteiger charge is 2.49. The van der Waals surface area contributed by atoms with E-state index >= 15 is 0 Å². The van der Waals surface area contributed by atoms with Gasteiger partial charge in [0, 0.05) is 28.3 Å². The zero-order chi connectivity index (χ0) is 33.2. The third kappa shape index (κ3) is 4.00. The topological polar surface area (TPSA) is 26.5 Å². The molecular formula is C47H28N2O. The van der Waals surface area contributed by atoms with Crippen molar-refractivity contribution in [3.63, 3.8) is 0 Å². The molecule has 2 heterocycles. The van der Waals surface area contributed by atoms with Crippen LogP contribution in [-0.4, -0.2) is 4.98 Å². The maximum Gasteiger partial charge on any atom is 0.187 e. The van der Waals surface area contributed by atoms with Gasteiger partial charge in [-0.1, -0.05) is 146 Å². The number of rotatable bonds is 2. The lowest BCUT2D eigenvalue weighted by Gasteiger charge is -2.43. The fraction of sp³-hybridized carbons (Fsp3) is 0.0213. The van der Waals surface area contributed by atoms with Gasteiger partial charge in [0.15, 0.2) is 5.69 Å². The Balaban J connectivity index is 1.29. The smallest absolute Gasteiger partial charge is 0.187 e. The van der Waals surface area contributed by atoms with Gasteiger partial charge < -0.3 is 4.74 Å². The molecule has 2 aliphatic rings. The van der Waals surface area contributed by atoms with Crippen molar-refractivity contribution in [3.8, 4) is 56.1 Å². The molecule has 0 saturated carbocycles. The van der Waals surface area contributed by atoms with E-state index < -0.39 is 5.41 Å². The van der Waals surface area contributed by atoms with Crippen LogP contribution in [0.5, 0.6) is 11.5 Å². The van der Waals surface area contributed by atoms with E-state index in [-0.39, 0.29) is 0 Å². The minimum absolute atomic E-state index is 0.622. The lowest BCUT2D eigenvalue weighted by atomic mass is 9.61. The number of ether oxygens (including phenoxy) is 1. The Hall–Kier alpha value is -6.76. The van der Waals surface area contributed by atoms with Gasteiger partial charge in [0.25, 0.3) is 0 Å². The number of para-hydroxylation sites is 1. The first kappa shape index (κ1) is 28.3. The van der Waals surface area contributed by atoms with Gasteiger partial charge in [-0.15, -0.1) is 0 Å². The van der Waals surface area contributed by atoms with Gasteiger partial charge >= 0.3 is 0 Å². The van der Waals surface area contributed by atoms with Crippen LogP contribution in [0, 0.1) is 6.57 Å². The maximum atomic E-state index is 7.29. The molecule has 0 fully saturated rings. The molecule has 0 bridgehead atoms. The fourth-order valence-corrected chi connectivity index (χ4v) is 8.20. The van der Waals surface area contributed by atoms with Gasteiger partial charge in [-0.2, -0.15) is 0 Å². The van der Waals surface area contributed by atoms with Gasteiger partial charge in [0.2, 0.25) is 0 Å². The number of aromatic nitrogens is 1. The fourth-order valence-electron chi connectivity index (χ4n) is 8.20. The van der Waals surface area contributed by atoms with Crippen molar-refractivity contribution < 1.29 is 4.74 Å². The predicted octanol–water partition coefficient (Wildman–Crippen LogP) is 12.3. The van der Waals surface area contributed by atoms with Gasteiger partial charge in [-0.05, 0) is 68.1 Å². The summed E-state index contributed by atoms with van der Waals surface area (Å²) in [6.45, 7) is 7.29. The molecule has 50 heavy (non-hydrogen) atoms. The third-order valence-corrected chi connectivity index (χ3v) is 10.4. The molecule has 1 aromatic heterocycles. The van der Waals surface area contributed by atoms with Gasteiger partial charge in [0.1, 0.15) is 11.5 Å². The Kier molecular flexibility index (Phi) is 6.15. The molecule has 8 aromatic rings. The molecule has 10 rings (SSSR count). The van der Waals surface area contributed by atoms with E-state index in [4.69, 9.17) is 16.3 Å². The highest BCUT2D eigenvalue weighted by Crippen LogP contribution is 2.62. The number of benzene rings is 7. The third-order valence-electron chi connectivity index (χ3n) is 10.4. The summed E-state index contributed by atoms with van der Waals surface area (Å²) >= 11 is 0. The van der Waals surface area contributed by atoms with E-state index in [1.54, 1.807) is 0 Å². The van der Waals surface area contributed by atoms with Crippen molar-refractivity contribution in [2.24, 2.45) is 0 Å². The lowest BCUT2D eigenvalue weighted by molar-refractivity contribution is 0.440. The first-order chi connectivity index (χ1) is 24.7. The van der Waals surface area contributed by atoms with Crippen molar-refractivity contribution in [3.05, 3.63) is 204 Å². The summed E-state index contributed by atoms with van der Waals surface area (Å²) in [5.74, 6) is 1.76. The monoisotopic (exact) mass is 636 g/mol. The Labute approximate surface area is 290 Å². The van der Waals surface area contributed by atoms with Crippen LogP contribution >= 0.6 is 0 Å². The largest absolute Gasteiger partial charge is 0.456 e. The Morgan fingerprint density at radius 2 is 1.16 bits per heavy atom. The highest BCUT2D eigenvalue weighted by molar-refractivity contribution is 5.98. The number of fused-ring (bicyclic) bond motifs is 13. The number of hydrogen-bond donors (Lipinski definition) is 0. The van der Waals surface area contributed by atoms with E-state index in [0.717, 1.165) is 55.8 Å². The van der Waals surface area contributed by atoms with E-state index in [9.17, 15) is 0 Å². The summed E-state index contributed by atoms with van der Waals surface area (Å²) in [5.41, 5.74) is 13.4. The molecule has 3 nitrogen and oxygen atoms in total. The van der Waals surface area contributed by atoms with Crippen LogP contribution in [0.1, 0.15) is 22.3 Å². The first-order valence-electron chi connectivity index (χ1n) is 16.8. The SMILES string of the molecule is [C-]#[N+]c1ccc(-c2ccc(-c3ccc4c(c3)C3(c5ccccc5Oc5c3ccc3ccccc53)c3ccccc3-c3ccccc3-4)cn2)cc1. The average molecular weight is 637 g/mol. The van der Waals surface area contributed by atoms with Crippen molar-refractivity contribution >= 4 is 16.5 Å². The summed E-state index contributed by atoms with van der Waals surface area (Å²) in [4.78, 5) is 8.43. The molecule has 1 aliphatic heterocycles. The van der Waals surface area contributed by atoms with Crippen LogP contribution in [0.25, 0.3) is 60.3 Å². The van der Waals surface area contributed by atoms with Gasteiger partial charge in [-0.25, -0.2) is 4.85 Å². The van der Waals surface area contributed by atoms with Crippen LogP contribution < -0.4 is 4.74 Å². The molecule has 0 radical (unpaired) electrons. The summed E-state index contributed by atoms with van der Waals surface area (Å²) in [7, 11) is 0. The molecule has 1 spiro atoms. The zero-order valence-corrected chi connectivity index (χ0v) is 27.0. The number of nitrogens with zero attached hydrogens (tertiary/aromatic N) is 2. The minimum Gasteiger partial charge on any atom is -0.456 e. The highest BCUT2D eigenvalue weighted by atomic mass is 16.5. The molecule has 1 atom stereocenters. The summed E-state index contributed by atoms with van der Waals surface area (Å²) < 4.78 is 6.92. The van der Waals surface area contributed by atoms with E-state index in [1.165, 1.54) is 33.4 Å². The van der Waals surface area contributed by atoms with Gasteiger partial charge in [0.05, 0.1) is 17.7 Å². The summed E-state index contributed by atoms with van der Waals surface area (Å²) in [5, 5.41) is 2.25. The maximum absolute atomic E-state index is 7.29. The Bertz CT molecular complexity index is 2680. The molecule has 7 aromatic carbocycles. The second kappa shape index (κ2) is 10.9. The lowest BCUT2D eigenvalue weighted by Crippen LogP contribution is -2.35. The quantitative estimate of drug-likeness (QED) is 0.177. The second-order valence-corrected chi connectivity index (χ2v) is 13.0. The Morgan fingerprint density at radius 1 is 0.500 bits per heavy atom. The molecule has 3 heteroatoms. The molecular weight excluding hydrogens is 609 g/mol. The second-order valence-electron chi connectivity index (χ2n) is 13.0. The summed E-state index contributed by atoms with van der Waals surface area (Å²) in [6.07, 6.45) is 1.96. The first-order valence-corrected chi connectivity index (χ1v) is 16.8. The van der Waals surface area contributed by atoms with E-state index in [0.29, 0.717) is 5.69 Å². The molecule has 1 aliphatic carbocycles. The molecule has 0 amide bonds. The van der Waals surface area contributed by atoms with Crippen molar-refractivity contribution in [1.29, 1.82) is 0 Å². The van der Waals surface area contributed by atoms with Crippen molar-refractivity contribution in [2.75, 3.05) is 0 Å². The zero-order valence-electron chi connectivity index (χ0n) is 27.0. The van der Waals surface area contributed by atoms with E-state index in [2.05, 4.69) is 144 Å². The van der Waals surface area contributed by atoms with Crippen LogP contribution in [0.4, 0.5) is 5.69 Å². The van der Waals surface area contributed by atoms with Crippen LogP contribution in [0.15, 0.2) is 170 Å². The van der Waals surface area contributed by atoms with Crippen LogP contribution in [-0.2, 0) is 5.41 Å². The average Bonchev–Trinajstić information content (AvgIpc) is 3.30. The van der Waals surface area contributed by atoms with E-state index in [1.807, 2.05) is 30.5 Å². The Morgan fingerprint density at radius 3 is 1.94 bits per heavy atom. The number of pyridine rings is 1.